The third-order valence-corrected chi connectivity index (χ3v) is 4.36. The van der Waals surface area contributed by atoms with Gasteiger partial charge in [-0.2, -0.15) is 0 Å². The minimum absolute atomic E-state index is 0.0670. The highest BCUT2D eigenvalue weighted by Gasteiger charge is 2.31. The number of nitrogens with two attached hydrogens (primary N) is 1. The molecule has 1 aliphatic heterocycles. The summed E-state index contributed by atoms with van der Waals surface area (Å²) in [6.07, 6.45) is 3.36. The molecule has 0 spiro atoms. The van der Waals surface area contributed by atoms with E-state index >= 15 is 0 Å². The third kappa shape index (κ3) is 3.34. The second-order valence-electron chi connectivity index (χ2n) is 5.63. The van der Waals surface area contributed by atoms with E-state index in [1.165, 1.54) is 18.9 Å². The van der Waals surface area contributed by atoms with E-state index in [-0.39, 0.29) is 17.9 Å². The van der Waals surface area contributed by atoms with Gasteiger partial charge in [0.25, 0.3) is 0 Å². The van der Waals surface area contributed by atoms with E-state index in [1.807, 2.05) is 6.07 Å². The molecule has 3 heteroatoms. The van der Waals surface area contributed by atoms with Gasteiger partial charge in [0.05, 0.1) is 0 Å². The lowest BCUT2D eigenvalue weighted by molar-refractivity contribution is 0.201. The number of hydrogen-bond donors (Lipinski definition) is 1. The van der Waals surface area contributed by atoms with Gasteiger partial charge in [-0.25, -0.2) is 4.39 Å². The zero-order valence-electron chi connectivity index (χ0n) is 12.0. The van der Waals surface area contributed by atoms with E-state index in [9.17, 15) is 4.39 Å². The normalized spacial score (nSPS) is 23.5. The van der Waals surface area contributed by atoms with Crippen LogP contribution in [-0.4, -0.2) is 24.0 Å². The Morgan fingerprint density at radius 2 is 2.21 bits per heavy atom. The molecule has 0 saturated carbocycles. The van der Waals surface area contributed by atoms with E-state index < -0.39 is 0 Å². The van der Waals surface area contributed by atoms with Crippen molar-refractivity contribution in [3.63, 3.8) is 0 Å². The molecular formula is C16H25FN2. The molecule has 2 N–H and O–H groups in total. The first kappa shape index (κ1) is 14.5. The quantitative estimate of drug-likeness (QED) is 0.884. The van der Waals surface area contributed by atoms with Crippen LogP contribution in [-0.2, 0) is 0 Å². The van der Waals surface area contributed by atoms with Gasteiger partial charge in [-0.15, -0.1) is 0 Å². The van der Waals surface area contributed by atoms with Crippen LogP contribution in [0, 0.1) is 11.7 Å². The van der Waals surface area contributed by atoms with Gasteiger partial charge in [-0.3, -0.25) is 4.90 Å². The zero-order chi connectivity index (χ0) is 13.8. The van der Waals surface area contributed by atoms with Crippen LogP contribution in [0.2, 0.25) is 0 Å². The Balaban J connectivity index is 2.21. The second-order valence-corrected chi connectivity index (χ2v) is 5.63. The molecule has 0 amide bonds. The fourth-order valence-corrected chi connectivity index (χ4v) is 3.09. The highest BCUT2D eigenvalue weighted by molar-refractivity contribution is 5.22. The lowest BCUT2D eigenvalue weighted by Crippen LogP contribution is -2.39. The minimum Gasteiger partial charge on any atom is -0.326 e. The van der Waals surface area contributed by atoms with E-state index in [4.69, 9.17) is 5.73 Å². The summed E-state index contributed by atoms with van der Waals surface area (Å²) >= 11 is 0. The zero-order valence-corrected chi connectivity index (χ0v) is 12.0. The van der Waals surface area contributed by atoms with Crippen LogP contribution >= 0.6 is 0 Å². The average molecular weight is 264 g/mol. The van der Waals surface area contributed by atoms with Crippen molar-refractivity contribution in [1.29, 1.82) is 0 Å². The molecule has 3 unspecified atom stereocenters. The Bertz CT molecular complexity index is 407. The van der Waals surface area contributed by atoms with Crippen molar-refractivity contribution in [2.75, 3.05) is 13.1 Å². The molecule has 1 aliphatic rings. The molecule has 1 aromatic carbocycles. The predicted octanol–water partition coefficient (Wildman–Crippen LogP) is 3.34. The van der Waals surface area contributed by atoms with Crippen LogP contribution in [0.5, 0.6) is 0 Å². The van der Waals surface area contributed by atoms with E-state index in [0.717, 1.165) is 31.0 Å². The fraction of sp³-hybridized carbons (Fsp3) is 0.625. The van der Waals surface area contributed by atoms with Crippen LogP contribution in [0.1, 0.15) is 44.7 Å². The monoisotopic (exact) mass is 264 g/mol. The smallest absolute Gasteiger partial charge is 0.123 e. The highest BCUT2D eigenvalue weighted by atomic mass is 19.1. The molecule has 19 heavy (non-hydrogen) atoms. The first-order chi connectivity index (χ1) is 9.15. The second kappa shape index (κ2) is 6.49. The molecular weight excluding hydrogens is 239 g/mol. The Hall–Kier alpha value is -0.930. The summed E-state index contributed by atoms with van der Waals surface area (Å²) in [6, 6.07) is 7.14. The average Bonchev–Trinajstić information content (AvgIpc) is 2.87. The van der Waals surface area contributed by atoms with E-state index in [0.29, 0.717) is 0 Å². The molecule has 1 saturated heterocycles. The lowest BCUT2D eigenvalue weighted by atomic mass is 9.96. The lowest BCUT2D eigenvalue weighted by Gasteiger charge is -2.32. The maximum absolute atomic E-state index is 13.5. The van der Waals surface area contributed by atoms with Crippen LogP contribution in [0.25, 0.3) is 0 Å². The Kier molecular flexibility index (Phi) is 4.94. The maximum atomic E-state index is 13.5. The SMILES string of the molecule is CCC1CCN(C(c2cccc(F)c2)C(N)CC)C1. The fourth-order valence-electron chi connectivity index (χ4n) is 3.09. The molecule has 0 bridgehead atoms. The topological polar surface area (TPSA) is 29.3 Å². The summed E-state index contributed by atoms with van der Waals surface area (Å²) in [6.45, 7) is 6.51. The van der Waals surface area contributed by atoms with Crippen LogP contribution in [0.4, 0.5) is 4.39 Å². The van der Waals surface area contributed by atoms with Crippen molar-refractivity contribution in [2.45, 2.75) is 45.2 Å². The largest absolute Gasteiger partial charge is 0.326 e. The standard InChI is InChI=1S/C16H25FN2/c1-3-12-8-9-19(11-12)16(15(18)4-2)13-6-5-7-14(17)10-13/h5-7,10,12,15-16H,3-4,8-9,11,18H2,1-2H3. The van der Waals surface area contributed by atoms with Crippen molar-refractivity contribution in [3.8, 4) is 0 Å². The number of halogens is 1. The summed E-state index contributed by atoms with van der Waals surface area (Å²) in [4.78, 5) is 2.44. The number of nitrogens with zero attached hydrogens (tertiary/aromatic N) is 1. The van der Waals surface area contributed by atoms with E-state index in [2.05, 4.69) is 18.7 Å². The summed E-state index contributed by atoms with van der Waals surface area (Å²) in [5.74, 6) is 0.595. The Labute approximate surface area is 115 Å². The molecule has 106 valence electrons. The third-order valence-electron chi connectivity index (χ3n) is 4.36. The van der Waals surface area contributed by atoms with Crippen molar-refractivity contribution >= 4 is 0 Å². The van der Waals surface area contributed by atoms with Crippen LogP contribution < -0.4 is 5.73 Å². The summed E-state index contributed by atoms with van der Waals surface area (Å²) in [5.41, 5.74) is 7.32. The summed E-state index contributed by atoms with van der Waals surface area (Å²) in [7, 11) is 0. The number of benzene rings is 1. The molecule has 2 nitrogen and oxygen atoms in total. The van der Waals surface area contributed by atoms with Gasteiger partial charge in [0.2, 0.25) is 0 Å². The van der Waals surface area contributed by atoms with Crippen LogP contribution in [0.15, 0.2) is 24.3 Å². The highest BCUT2D eigenvalue weighted by Crippen LogP contribution is 2.31. The van der Waals surface area contributed by atoms with Crippen molar-refractivity contribution < 1.29 is 4.39 Å². The van der Waals surface area contributed by atoms with Crippen LogP contribution in [0.3, 0.4) is 0 Å². The summed E-state index contributed by atoms with van der Waals surface area (Å²) in [5, 5.41) is 0. The molecule has 3 atom stereocenters. The Morgan fingerprint density at radius 3 is 2.79 bits per heavy atom. The van der Waals surface area contributed by atoms with Crippen molar-refractivity contribution in [1.82, 2.24) is 4.90 Å². The molecule has 0 aromatic heterocycles. The minimum atomic E-state index is -0.169. The molecule has 0 radical (unpaired) electrons. The number of likely N-dealkylation sites (tertiary alicyclic amines) is 1. The van der Waals surface area contributed by atoms with Gasteiger partial charge in [0, 0.05) is 18.6 Å². The molecule has 0 aliphatic carbocycles. The Morgan fingerprint density at radius 1 is 1.42 bits per heavy atom. The molecule has 2 rings (SSSR count). The van der Waals surface area contributed by atoms with Gasteiger partial charge in [-0.1, -0.05) is 32.4 Å². The molecule has 1 fully saturated rings. The van der Waals surface area contributed by atoms with E-state index in [1.54, 1.807) is 12.1 Å². The number of hydrogen-bond acceptors (Lipinski definition) is 2. The van der Waals surface area contributed by atoms with Gasteiger partial charge < -0.3 is 5.73 Å². The summed E-state index contributed by atoms with van der Waals surface area (Å²) < 4.78 is 13.5. The van der Waals surface area contributed by atoms with Crippen molar-refractivity contribution in [3.05, 3.63) is 35.6 Å². The molecule has 1 aromatic rings. The van der Waals surface area contributed by atoms with Gasteiger partial charge >= 0.3 is 0 Å². The van der Waals surface area contributed by atoms with Gasteiger partial charge in [0.15, 0.2) is 0 Å². The van der Waals surface area contributed by atoms with Gasteiger partial charge in [0.1, 0.15) is 5.82 Å². The van der Waals surface area contributed by atoms with Crippen molar-refractivity contribution in [2.24, 2.45) is 11.7 Å². The molecule has 1 heterocycles. The van der Waals surface area contributed by atoms with Gasteiger partial charge in [-0.05, 0) is 43.0 Å². The first-order valence-corrected chi connectivity index (χ1v) is 7.40. The first-order valence-electron chi connectivity index (χ1n) is 7.40. The predicted molar refractivity (Wildman–Crippen MR) is 77.4 cm³/mol. The number of rotatable bonds is 5. The maximum Gasteiger partial charge on any atom is 0.123 e.